The van der Waals surface area contributed by atoms with E-state index in [9.17, 15) is 18.7 Å². The number of carboxylic acids is 1. The van der Waals surface area contributed by atoms with Crippen molar-refractivity contribution in [1.82, 2.24) is 0 Å². The Bertz CT molecular complexity index is 2020. The first-order valence-corrected chi connectivity index (χ1v) is 14.0. The molecule has 0 radical (unpaired) electrons. The Balaban J connectivity index is 1.84. The van der Waals surface area contributed by atoms with Crippen LogP contribution in [0, 0.1) is 28.7 Å². The number of fused-ring (bicyclic) bond motifs is 4. The Morgan fingerprint density at radius 3 is 2.05 bits per heavy atom. The van der Waals surface area contributed by atoms with Gasteiger partial charge in [-0.1, -0.05) is 31.6 Å². The zero-order valence-corrected chi connectivity index (χ0v) is 25.2. The van der Waals surface area contributed by atoms with E-state index in [2.05, 4.69) is 30.9 Å². The standard InChI is InChI=1S/C35H31F4NO3/c1-15-13-34(4,5)17(3)20-11-24-21(9-18(15)20)26(27-28(33(41)42)30(37)32(39)31(38)29(27)36)22-10-19-16(2)14-35(6,7)40(8)23(19)12-25(22)43-24/h9-14H,1-8H3,(H,41,42). The van der Waals surface area contributed by atoms with E-state index in [1.807, 2.05) is 41.7 Å². The summed E-state index contributed by atoms with van der Waals surface area (Å²) in [6.45, 7) is 14.1. The van der Waals surface area contributed by atoms with Crippen LogP contribution in [0.15, 0.2) is 36.4 Å². The molecule has 0 unspecified atom stereocenters. The van der Waals surface area contributed by atoms with E-state index in [4.69, 9.17) is 4.74 Å². The number of halogens is 4. The minimum atomic E-state index is -2.18. The highest BCUT2D eigenvalue weighted by Gasteiger charge is 2.37. The van der Waals surface area contributed by atoms with Gasteiger partial charge < -0.3 is 14.7 Å². The van der Waals surface area contributed by atoms with Gasteiger partial charge in [0.15, 0.2) is 23.3 Å². The maximum Gasteiger partial charge on any atom is 0.339 e. The minimum absolute atomic E-state index is 0.0925. The molecule has 2 aliphatic heterocycles. The number of rotatable bonds is 2. The van der Waals surface area contributed by atoms with Gasteiger partial charge in [-0.05, 0) is 74.7 Å². The molecule has 8 heteroatoms. The zero-order chi connectivity index (χ0) is 31.5. The number of anilines is 1. The molecule has 1 N–H and O–H groups in total. The van der Waals surface area contributed by atoms with Gasteiger partial charge in [0.1, 0.15) is 17.1 Å². The van der Waals surface area contributed by atoms with E-state index >= 15 is 8.78 Å². The topological polar surface area (TPSA) is 49.8 Å². The van der Waals surface area contributed by atoms with Gasteiger partial charge >= 0.3 is 5.97 Å². The average Bonchev–Trinajstić information content (AvgIpc) is 2.92. The molecule has 2 heterocycles. The molecule has 1 aliphatic carbocycles. The van der Waals surface area contributed by atoms with E-state index in [1.165, 1.54) is 0 Å². The number of benzene rings is 3. The largest absolute Gasteiger partial charge is 0.478 e. The number of nitrogens with zero attached hydrogens (tertiary/aromatic N) is 1. The van der Waals surface area contributed by atoms with E-state index in [0.29, 0.717) is 0 Å². The number of aromatic carboxylic acids is 1. The summed E-state index contributed by atoms with van der Waals surface area (Å²) in [5, 5.41) is 11.1. The van der Waals surface area contributed by atoms with E-state index in [-0.39, 0.29) is 38.8 Å². The highest BCUT2D eigenvalue weighted by atomic mass is 19.2. The number of carboxylic acid groups (broad SMARTS) is 1. The van der Waals surface area contributed by atoms with Crippen LogP contribution in [0.1, 0.15) is 81.1 Å². The molecule has 3 aliphatic rings. The quantitative estimate of drug-likeness (QED) is 0.149. The maximum atomic E-state index is 15.9. The first-order valence-electron chi connectivity index (χ1n) is 14.0. The van der Waals surface area contributed by atoms with Crippen LogP contribution >= 0.6 is 0 Å². The van der Waals surface area contributed by atoms with Crippen LogP contribution in [0.25, 0.3) is 22.3 Å². The van der Waals surface area contributed by atoms with Crippen LogP contribution in [-0.4, -0.2) is 23.7 Å². The molecule has 3 aromatic carbocycles. The zero-order valence-electron chi connectivity index (χ0n) is 25.2. The number of hydrogen-bond acceptors (Lipinski definition) is 3. The molecule has 0 saturated carbocycles. The molecule has 0 spiro atoms. The molecule has 0 aromatic heterocycles. The Morgan fingerprint density at radius 2 is 1.40 bits per heavy atom. The average molecular weight is 590 g/mol. The van der Waals surface area contributed by atoms with Crippen molar-refractivity contribution < 1.29 is 32.2 Å². The molecule has 0 amide bonds. The third-order valence-corrected chi connectivity index (χ3v) is 9.30. The smallest absolute Gasteiger partial charge is 0.339 e. The van der Waals surface area contributed by atoms with Gasteiger partial charge in [0.2, 0.25) is 0 Å². The van der Waals surface area contributed by atoms with Crippen molar-refractivity contribution >= 4 is 33.9 Å². The van der Waals surface area contributed by atoms with Gasteiger partial charge in [-0.3, -0.25) is 0 Å². The van der Waals surface area contributed by atoms with Crippen molar-refractivity contribution in [3.05, 3.63) is 97.9 Å². The lowest BCUT2D eigenvalue weighted by molar-refractivity contribution is 0.0689. The lowest BCUT2D eigenvalue weighted by Crippen LogP contribution is -2.42. The fourth-order valence-corrected chi connectivity index (χ4v) is 6.63. The third kappa shape index (κ3) is 3.98. The van der Waals surface area contributed by atoms with Gasteiger partial charge in [-0.2, -0.15) is 0 Å². The summed E-state index contributed by atoms with van der Waals surface area (Å²) in [4.78, 5) is 14.4. The predicted molar refractivity (Wildman–Crippen MR) is 160 cm³/mol. The Labute approximate surface area is 246 Å². The van der Waals surface area contributed by atoms with Crippen molar-refractivity contribution in [2.24, 2.45) is 5.41 Å². The number of allylic oxidation sites excluding steroid dienone is 3. The second-order valence-electron chi connectivity index (χ2n) is 12.8. The van der Waals surface area contributed by atoms with Crippen LogP contribution in [0.4, 0.5) is 23.2 Å². The summed E-state index contributed by atoms with van der Waals surface area (Å²) in [5.41, 5.74) is 2.58. The molecular weight excluding hydrogens is 558 g/mol. The molecule has 0 atom stereocenters. The number of carbonyl (C=O) groups is 1. The lowest BCUT2D eigenvalue weighted by atomic mass is 9.76. The van der Waals surface area contributed by atoms with Crippen molar-refractivity contribution in [2.45, 2.75) is 54.0 Å². The lowest BCUT2D eigenvalue weighted by Gasteiger charge is -2.41. The van der Waals surface area contributed by atoms with E-state index in [0.717, 1.165) is 38.8 Å². The maximum absolute atomic E-state index is 15.9. The second-order valence-corrected chi connectivity index (χ2v) is 12.8. The molecule has 6 rings (SSSR count). The number of likely N-dealkylation sites (N-methyl/N-ethyl adjacent to an activating group) is 1. The predicted octanol–water partition coefficient (Wildman–Crippen LogP) is 7.54. The molecule has 43 heavy (non-hydrogen) atoms. The van der Waals surface area contributed by atoms with Crippen LogP contribution in [0.2, 0.25) is 0 Å². The van der Waals surface area contributed by atoms with Gasteiger partial charge in [0.25, 0.3) is 0 Å². The van der Waals surface area contributed by atoms with Crippen LogP contribution in [0.3, 0.4) is 0 Å². The van der Waals surface area contributed by atoms with Gasteiger partial charge in [0, 0.05) is 51.7 Å². The summed E-state index contributed by atoms with van der Waals surface area (Å²) in [7, 11) is 1.92. The summed E-state index contributed by atoms with van der Waals surface area (Å²) < 4.78 is 66.8. The number of ether oxygens (including phenoxy) is 1. The number of hydrogen-bond donors (Lipinski definition) is 1. The monoisotopic (exact) mass is 589 g/mol. The van der Waals surface area contributed by atoms with E-state index < -0.39 is 40.4 Å². The van der Waals surface area contributed by atoms with Crippen LogP contribution in [0.5, 0.6) is 11.5 Å². The van der Waals surface area contributed by atoms with E-state index in [1.54, 1.807) is 24.3 Å². The fraction of sp³-hybridized carbons (Fsp3) is 0.286. The highest BCUT2D eigenvalue weighted by molar-refractivity contribution is 6.00. The van der Waals surface area contributed by atoms with Gasteiger partial charge in [-0.25, -0.2) is 22.4 Å². The second kappa shape index (κ2) is 9.09. The van der Waals surface area contributed by atoms with Crippen molar-refractivity contribution in [1.29, 1.82) is 0 Å². The molecule has 3 aromatic rings. The van der Waals surface area contributed by atoms with Crippen LogP contribution in [-0.2, 0) is 0 Å². The first-order chi connectivity index (χ1) is 20.0. The van der Waals surface area contributed by atoms with Crippen LogP contribution < -0.4 is 20.1 Å². The Morgan fingerprint density at radius 1 is 0.767 bits per heavy atom. The van der Waals surface area contributed by atoms with Crippen molar-refractivity contribution in [3.63, 3.8) is 0 Å². The highest BCUT2D eigenvalue weighted by Crippen LogP contribution is 2.47. The molecule has 4 nitrogen and oxygen atoms in total. The van der Waals surface area contributed by atoms with Gasteiger partial charge in [0.05, 0.1) is 5.54 Å². The molecule has 0 fully saturated rings. The molecule has 0 bridgehead atoms. The summed E-state index contributed by atoms with van der Waals surface area (Å²) in [6.07, 6.45) is 4.15. The van der Waals surface area contributed by atoms with Crippen molar-refractivity contribution in [2.75, 3.05) is 11.9 Å². The summed E-state index contributed by atoms with van der Waals surface area (Å²) in [5.74, 6) is -9.45. The van der Waals surface area contributed by atoms with Crippen molar-refractivity contribution in [3.8, 4) is 11.5 Å². The normalized spacial score (nSPS) is 17.7. The Kier molecular flexibility index (Phi) is 6.08. The fourth-order valence-electron chi connectivity index (χ4n) is 6.63. The van der Waals surface area contributed by atoms with Gasteiger partial charge in [-0.15, -0.1) is 0 Å². The SMILES string of the molecule is CC1=CC(C)(C)N(C)c2cc3c(cc21)C(c1c(F)c(F)c(F)c(F)c1C(=O)O)=c1cc2c(cc1O3)=C(C)C(C)(C)C=C2C. The molecule has 222 valence electrons. The summed E-state index contributed by atoms with van der Waals surface area (Å²) >= 11 is 0. The third-order valence-electron chi connectivity index (χ3n) is 9.30. The molecule has 0 saturated heterocycles. The minimum Gasteiger partial charge on any atom is -0.478 e. The summed E-state index contributed by atoms with van der Waals surface area (Å²) in [6, 6.07) is 7.02. The molecular formula is C35H31F4NO3. The Hall–Kier alpha value is -4.33. The first kappa shape index (κ1) is 28.8.